The molecule has 0 bridgehead atoms. The summed E-state index contributed by atoms with van der Waals surface area (Å²) in [6, 6.07) is 1.40. The minimum atomic E-state index is -0.414. The molecule has 0 aliphatic carbocycles. The van der Waals surface area contributed by atoms with Crippen LogP contribution in [0.25, 0.3) is 0 Å². The Hall–Kier alpha value is -1.07. The molecule has 17 heavy (non-hydrogen) atoms. The fourth-order valence-corrected chi connectivity index (χ4v) is 1.53. The predicted octanol–water partition coefficient (Wildman–Crippen LogP) is 1.49. The molecule has 5 nitrogen and oxygen atoms in total. The number of aromatic nitrogens is 1. The zero-order valence-corrected chi connectivity index (χ0v) is 11.3. The Morgan fingerprint density at radius 1 is 1.65 bits per heavy atom. The van der Waals surface area contributed by atoms with Gasteiger partial charge in [-0.15, -0.1) is 12.4 Å². The van der Waals surface area contributed by atoms with Crippen molar-refractivity contribution < 1.29 is 9.32 Å². The van der Waals surface area contributed by atoms with Gasteiger partial charge in [-0.2, -0.15) is 0 Å². The average Bonchev–Trinajstić information content (AvgIpc) is 2.63. The topological polar surface area (TPSA) is 72.4 Å². The molecule has 0 fully saturated rings. The Morgan fingerprint density at radius 3 is 2.76 bits per heavy atom. The van der Waals surface area contributed by atoms with E-state index in [1.807, 2.05) is 19.9 Å². The third-order valence-corrected chi connectivity index (χ3v) is 2.37. The van der Waals surface area contributed by atoms with E-state index in [0.29, 0.717) is 13.0 Å². The van der Waals surface area contributed by atoms with Gasteiger partial charge in [-0.25, -0.2) is 0 Å². The van der Waals surface area contributed by atoms with E-state index in [1.165, 1.54) is 0 Å². The zero-order valence-electron chi connectivity index (χ0n) is 10.5. The summed E-state index contributed by atoms with van der Waals surface area (Å²) in [5, 5.41) is 3.83. The van der Waals surface area contributed by atoms with Crippen LogP contribution in [0.15, 0.2) is 10.6 Å². The Balaban J connectivity index is 0.00000256. The molecule has 0 aliphatic heterocycles. The molecule has 1 aromatic heterocycles. The summed E-state index contributed by atoms with van der Waals surface area (Å²) >= 11 is 0. The van der Waals surface area contributed by atoms with Crippen LogP contribution in [-0.2, 0) is 11.3 Å². The SMILES string of the molecule is CCCC(N)C(=O)N(C)Cc1cc(C)on1.Cl. The van der Waals surface area contributed by atoms with Gasteiger partial charge in [0, 0.05) is 13.1 Å². The number of hydrogen-bond acceptors (Lipinski definition) is 4. The molecular weight excluding hydrogens is 242 g/mol. The fraction of sp³-hybridized carbons (Fsp3) is 0.636. The Bertz CT molecular complexity index is 354. The van der Waals surface area contributed by atoms with Crippen LogP contribution in [0, 0.1) is 6.92 Å². The predicted molar refractivity (Wildman–Crippen MR) is 67.8 cm³/mol. The molecule has 0 spiro atoms. The number of hydrogen-bond donors (Lipinski definition) is 1. The van der Waals surface area contributed by atoms with E-state index >= 15 is 0 Å². The molecule has 0 aromatic carbocycles. The summed E-state index contributed by atoms with van der Waals surface area (Å²) in [6.45, 7) is 4.27. The summed E-state index contributed by atoms with van der Waals surface area (Å²) in [6.07, 6.45) is 1.62. The van der Waals surface area contributed by atoms with Crippen molar-refractivity contribution in [1.29, 1.82) is 0 Å². The third kappa shape index (κ3) is 4.75. The van der Waals surface area contributed by atoms with E-state index in [9.17, 15) is 4.79 Å². The van der Waals surface area contributed by atoms with Gasteiger partial charge in [-0.05, 0) is 13.3 Å². The van der Waals surface area contributed by atoms with Gasteiger partial charge in [0.25, 0.3) is 0 Å². The first kappa shape index (κ1) is 15.9. The quantitative estimate of drug-likeness (QED) is 0.872. The minimum absolute atomic E-state index is 0. The molecule has 2 N–H and O–H groups in total. The summed E-state index contributed by atoms with van der Waals surface area (Å²) in [4.78, 5) is 13.4. The Labute approximate surface area is 108 Å². The van der Waals surface area contributed by atoms with Crippen LogP contribution in [0.1, 0.15) is 31.2 Å². The summed E-state index contributed by atoms with van der Waals surface area (Å²) in [7, 11) is 1.72. The zero-order chi connectivity index (χ0) is 12.1. The van der Waals surface area contributed by atoms with Crippen molar-refractivity contribution >= 4 is 18.3 Å². The first-order chi connectivity index (χ1) is 7.54. The number of nitrogens with zero attached hydrogens (tertiary/aromatic N) is 2. The number of amides is 1. The van der Waals surface area contributed by atoms with Crippen LogP contribution in [-0.4, -0.2) is 29.1 Å². The summed E-state index contributed by atoms with van der Waals surface area (Å²) in [5.74, 6) is 0.691. The van der Waals surface area contributed by atoms with Crippen molar-refractivity contribution in [2.45, 2.75) is 39.3 Å². The van der Waals surface area contributed by atoms with Gasteiger partial charge in [0.1, 0.15) is 11.5 Å². The van der Waals surface area contributed by atoms with Crippen molar-refractivity contribution in [2.75, 3.05) is 7.05 Å². The van der Waals surface area contributed by atoms with Crippen molar-refractivity contribution in [3.8, 4) is 0 Å². The van der Waals surface area contributed by atoms with Crippen molar-refractivity contribution in [2.24, 2.45) is 5.73 Å². The van der Waals surface area contributed by atoms with Crippen LogP contribution in [0.5, 0.6) is 0 Å². The van der Waals surface area contributed by atoms with Crippen LogP contribution >= 0.6 is 12.4 Å². The van der Waals surface area contributed by atoms with Gasteiger partial charge >= 0.3 is 0 Å². The van der Waals surface area contributed by atoms with E-state index in [2.05, 4.69) is 5.16 Å². The number of aryl methyl sites for hydroxylation is 1. The third-order valence-electron chi connectivity index (χ3n) is 2.37. The van der Waals surface area contributed by atoms with E-state index in [-0.39, 0.29) is 18.3 Å². The number of likely N-dealkylation sites (N-methyl/N-ethyl adjacent to an activating group) is 1. The highest BCUT2D eigenvalue weighted by atomic mass is 35.5. The average molecular weight is 262 g/mol. The van der Waals surface area contributed by atoms with Gasteiger partial charge in [-0.1, -0.05) is 18.5 Å². The molecule has 1 heterocycles. The normalized spacial score (nSPS) is 11.8. The van der Waals surface area contributed by atoms with Gasteiger partial charge in [0.05, 0.1) is 12.6 Å². The van der Waals surface area contributed by atoms with E-state index < -0.39 is 6.04 Å². The van der Waals surface area contributed by atoms with Gasteiger partial charge in [0.2, 0.25) is 5.91 Å². The van der Waals surface area contributed by atoms with Crippen LogP contribution in [0.3, 0.4) is 0 Å². The molecule has 1 rings (SSSR count). The highest BCUT2D eigenvalue weighted by molar-refractivity contribution is 5.85. The van der Waals surface area contributed by atoms with Crippen LogP contribution in [0.4, 0.5) is 0 Å². The highest BCUT2D eigenvalue weighted by Crippen LogP contribution is 2.06. The molecule has 1 unspecified atom stereocenters. The summed E-state index contributed by atoms with van der Waals surface area (Å²) in [5.41, 5.74) is 6.50. The fourth-order valence-electron chi connectivity index (χ4n) is 1.53. The summed E-state index contributed by atoms with van der Waals surface area (Å²) < 4.78 is 4.93. The lowest BCUT2D eigenvalue weighted by atomic mass is 10.1. The van der Waals surface area contributed by atoms with Gasteiger partial charge in [-0.3, -0.25) is 4.79 Å². The molecule has 98 valence electrons. The molecule has 0 aliphatic rings. The molecule has 6 heteroatoms. The minimum Gasteiger partial charge on any atom is -0.361 e. The second kappa shape index (κ2) is 7.29. The van der Waals surface area contributed by atoms with E-state index in [1.54, 1.807) is 11.9 Å². The lowest BCUT2D eigenvalue weighted by molar-refractivity contribution is -0.132. The van der Waals surface area contributed by atoms with Gasteiger partial charge in [0.15, 0.2) is 0 Å². The Kier molecular flexibility index (Phi) is 6.83. The maximum atomic E-state index is 11.8. The maximum absolute atomic E-state index is 11.8. The first-order valence-electron chi connectivity index (χ1n) is 5.47. The van der Waals surface area contributed by atoms with E-state index in [4.69, 9.17) is 10.3 Å². The van der Waals surface area contributed by atoms with E-state index in [0.717, 1.165) is 17.9 Å². The molecule has 1 amide bonds. The lowest BCUT2D eigenvalue weighted by Gasteiger charge is -2.19. The molecule has 0 saturated heterocycles. The second-order valence-electron chi connectivity index (χ2n) is 4.02. The molecular formula is C11H20ClN3O2. The van der Waals surface area contributed by atoms with Crippen molar-refractivity contribution in [1.82, 2.24) is 10.1 Å². The second-order valence-corrected chi connectivity index (χ2v) is 4.02. The molecule has 0 radical (unpaired) electrons. The maximum Gasteiger partial charge on any atom is 0.239 e. The van der Waals surface area contributed by atoms with Crippen LogP contribution < -0.4 is 5.73 Å². The number of carbonyl (C=O) groups is 1. The highest BCUT2D eigenvalue weighted by Gasteiger charge is 2.18. The standard InChI is InChI=1S/C11H19N3O2.ClH/c1-4-5-10(12)11(15)14(3)7-9-6-8(2)16-13-9;/h6,10H,4-5,7,12H2,1-3H3;1H. The molecule has 1 aromatic rings. The number of nitrogens with two attached hydrogens (primary N) is 1. The van der Waals surface area contributed by atoms with Gasteiger partial charge < -0.3 is 15.2 Å². The van der Waals surface area contributed by atoms with Crippen molar-refractivity contribution in [3.05, 3.63) is 17.5 Å². The Morgan fingerprint density at radius 2 is 2.29 bits per heavy atom. The van der Waals surface area contributed by atoms with Crippen molar-refractivity contribution in [3.63, 3.8) is 0 Å². The molecule has 0 saturated carbocycles. The lowest BCUT2D eigenvalue weighted by Crippen LogP contribution is -2.41. The smallest absolute Gasteiger partial charge is 0.239 e. The number of carbonyl (C=O) groups excluding carboxylic acids is 1. The largest absolute Gasteiger partial charge is 0.361 e. The van der Waals surface area contributed by atoms with Crippen LogP contribution in [0.2, 0.25) is 0 Å². The molecule has 1 atom stereocenters. The number of rotatable bonds is 5. The first-order valence-corrected chi connectivity index (χ1v) is 5.47. The monoisotopic (exact) mass is 261 g/mol. The number of halogens is 1.